The summed E-state index contributed by atoms with van der Waals surface area (Å²) in [5.41, 5.74) is 1.84. The van der Waals surface area contributed by atoms with Crippen molar-refractivity contribution < 1.29 is 4.79 Å². The van der Waals surface area contributed by atoms with Gasteiger partial charge in [0.1, 0.15) is 5.69 Å². The minimum absolute atomic E-state index is 0.228. The van der Waals surface area contributed by atoms with Gasteiger partial charge in [0.25, 0.3) is 5.56 Å². The molecule has 0 atom stereocenters. The van der Waals surface area contributed by atoms with Gasteiger partial charge in [-0.25, -0.2) is 9.48 Å². The van der Waals surface area contributed by atoms with Gasteiger partial charge in [0.15, 0.2) is 0 Å². The third-order valence-corrected chi connectivity index (χ3v) is 4.11. The van der Waals surface area contributed by atoms with E-state index in [1.54, 1.807) is 42.9 Å². The van der Waals surface area contributed by atoms with E-state index >= 15 is 0 Å². The fraction of sp³-hybridized carbons (Fsp3) is 0.111. The van der Waals surface area contributed by atoms with E-state index in [4.69, 9.17) is 11.6 Å². The highest BCUT2D eigenvalue weighted by atomic mass is 35.5. The summed E-state index contributed by atoms with van der Waals surface area (Å²) in [5, 5.41) is 5.81. The molecule has 0 unspecified atom stereocenters. The standard InChI is InChI=1S/C18H17ClN4O2/c1-12-16(21-18(25)20-14-8-6-7-13(19)11-14)17(24)23(22(12)2)15-9-4-3-5-10-15/h3-11H,1-2H3,(H2,20,21,25). The molecule has 0 saturated heterocycles. The van der Waals surface area contributed by atoms with Crippen LogP contribution in [0.25, 0.3) is 5.69 Å². The number of rotatable bonds is 3. The minimum Gasteiger partial charge on any atom is -0.308 e. The van der Waals surface area contributed by atoms with Gasteiger partial charge in [-0.1, -0.05) is 35.9 Å². The highest BCUT2D eigenvalue weighted by molar-refractivity contribution is 6.30. The molecule has 0 saturated carbocycles. The molecule has 3 aromatic rings. The van der Waals surface area contributed by atoms with Crippen molar-refractivity contribution in [3.8, 4) is 5.69 Å². The van der Waals surface area contributed by atoms with Crippen LogP contribution in [0.4, 0.5) is 16.2 Å². The van der Waals surface area contributed by atoms with Crippen LogP contribution >= 0.6 is 11.6 Å². The van der Waals surface area contributed by atoms with Crippen LogP contribution in [0.2, 0.25) is 5.02 Å². The Kier molecular flexibility index (Phi) is 4.63. The van der Waals surface area contributed by atoms with Crippen LogP contribution in [-0.2, 0) is 7.05 Å². The number of amides is 2. The lowest BCUT2D eigenvalue weighted by Crippen LogP contribution is -2.25. The largest absolute Gasteiger partial charge is 0.323 e. The van der Waals surface area contributed by atoms with Crippen LogP contribution in [0.15, 0.2) is 59.4 Å². The Labute approximate surface area is 149 Å². The third-order valence-electron chi connectivity index (χ3n) is 3.88. The van der Waals surface area contributed by atoms with Crippen LogP contribution in [0.1, 0.15) is 5.69 Å². The smallest absolute Gasteiger partial charge is 0.308 e. The third kappa shape index (κ3) is 3.44. The Morgan fingerprint density at radius 2 is 1.76 bits per heavy atom. The first-order chi connectivity index (χ1) is 12.0. The molecular formula is C18H17ClN4O2. The zero-order chi connectivity index (χ0) is 18.0. The molecule has 25 heavy (non-hydrogen) atoms. The molecule has 7 heteroatoms. The van der Waals surface area contributed by atoms with Crippen LogP contribution in [0.3, 0.4) is 0 Å². The molecule has 6 nitrogen and oxygen atoms in total. The van der Waals surface area contributed by atoms with E-state index in [9.17, 15) is 9.59 Å². The first kappa shape index (κ1) is 16.9. The number of urea groups is 1. The molecular weight excluding hydrogens is 340 g/mol. The summed E-state index contributed by atoms with van der Waals surface area (Å²) in [7, 11) is 1.77. The van der Waals surface area contributed by atoms with Crippen LogP contribution in [-0.4, -0.2) is 15.4 Å². The van der Waals surface area contributed by atoms with Gasteiger partial charge in [-0.15, -0.1) is 0 Å². The Bertz CT molecular complexity index is 976. The molecule has 2 amide bonds. The lowest BCUT2D eigenvalue weighted by molar-refractivity contribution is 0.262. The highest BCUT2D eigenvalue weighted by Crippen LogP contribution is 2.17. The molecule has 0 spiro atoms. The van der Waals surface area contributed by atoms with Crippen molar-refractivity contribution in [1.82, 2.24) is 9.36 Å². The molecule has 0 bridgehead atoms. The quantitative estimate of drug-likeness (QED) is 0.749. The zero-order valence-electron chi connectivity index (χ0n) is 13.8. The second-order valence-corrected chi connectivity index (χ2v) is 5.96. The van der Waals surface area contributed by atoms with Gasteiger partial charge >= 0.3 is 6.03 Å². The number of hydrogen-bond donors (Lipinski definition) is 2. The summed E-state index contributed by atoms with van der Waals surface area (Å²) in [6, 6.07) is 15.5. The predicted octanol–water partition coefficient (Wildman–Crippen LogP) is 3.78. The predicted molar refractivity (Wildman–Crippen MR) is 99.8 cm³/mol. The number of aromatic nitrogens is 2. The second-order valence-electron chi connectivity index (χ2n) is 5.53. The van der Waals surface area contributed by atoms with Gasteiger partial charge in [0.05, 0.1) is 11.4 Å². The number of anilines is 2. The molecule has 0 fully saturated rings. The summed E-state index contributed by atoms with van der Waals surface area (Å²) >= 11 is 5.90. The van der Waals surface area contributed by atoms with Gasteiger partial charge in [0, 0.05) is 17.8 Å². The lowest BCUT2D eigenvalue weighted by Gasteiger charge is -2.07. The van der Waals surface area contributed by atoms with E-state index in [2.05, 4.69) is 10.6 Å². The second kappa shape index (κ2) is 6.86. The average Bonchev–Trinajstić information content (AvgIpc) is 2.79. The number of para-hydroxylation sites is 1. The lowest BCUT2D eigenvalue weighted by atomic mass is 10.3. The van der Waals surface area contributed by atoms with Gasteiger partial charge in [0.2, 0.25) is 0 Å². The summed E-state index contributed by atoms with van der Waals surface area (Å²) < 4.78 is 3.21. The van der Waals surface area contributed by atoms with E-state index in [1.807, 2.05) is 30.3 Å². The van der Waals surface area contributed by atoms with Gasteiger partial charge in [-0.05, 0) is 37.3 Å². The summed E-state index contributed by atoms with van der Waals surface area (Å²) in [6.45, 7) is 1.77. The van der Waals surface area contributed by atoms with Crippen molar-refractivity contribution in [2.75, 3.05) is 10.6 Å². The highest BCUT2D eigenvalue weighted by Gasteiger charge is 2.18. The molecule has 128 valence electrons. The van der Waals surface area contributed by atoms with Crippen LogP contribution in [0, 0.1) is 6.92 Å². The Morgan fingerprint density at radius 3 is 2.44 bits per heavy atom. The average molecular weight is 357 g/mol. The number of halogens is 1. The molecule has 3 rings (SSSR count). The summed E-state index contributed by atoms with van der Waals surface area (Å²) in [6.07, 6.45) is 0. The number of carbonyl (C=O) groups is 1. The normalized spacial score (nSPS) is 10.5. The van der Waals surface area contributed by atoms with Crippen molar-refractivity contribution in [1.29, 1.82) is 0 Å². The Hall–Kier alpha value is -2.99. The van der Waals surface area contributed by atoms with Gasteiger partial charge < -0.3 is 10.6 Å². The maximum atomic E-state index is 12.7. The van der Waals surface area contributed by atoms with Crippen LogP contribution in [0.5, 0.6) is 0 Å². The zero-order valence-corrected chi connectivity index (χ0v) is 14.5. The van der Waals surface area contributed by atoms with Crippen molar-refractivity contribution in [2.45, 2.75) is 6.92 Å². The SMILES string of the molecule is Cc1c(NC(=O)Nc2cccc(Cl)c2)c(=O)n(-c2ccccc2)n1C. The van der Waals surface area contributed by atoms with Crippen molar-refractivity contribution in [3.63, 3.8) is 0 Å². The maximum absolute atomic E-state index is 12.7. The monoisotopic (exact) mass is 356 g/mol. The van der Waals surface area contributed by atoms with Crippen molar-refractivity contribution >= 4 is 29.0 Å². The first-order valence-electron chi connectivity index (χ1n) is 7.65. The van der Waals surface area contributed by atoms with E-state index < -0.39 is 6.03 Å². The van der Waals surface area contributed by atoms with Gasteiger partial charge in [-0.2, -0.15) is 0 Å². The maximum Gasteiger partial charge on any atom is 0.323 e. The molecule has 0 aliphatic rings. The molecule has 0 aliphatic heterocycles. The van der Waals surface area contributed by atoms with E-state index in [-0.39, 0.29) is 11.2 Å². The fourth-order valence-corrected chi connectivity index (χ4v) is 2.74. The van der Waals surface area contributed by atoms with Crippen LogP contribution < -0.4 is 16.2 Å². The number of nitrogens with zero attached hydrogens (tertiary/aromatic N) is 2. The molecule has 0 radical (unpaired) electrons. The Balaban J connectivity index is 1.88. The van der Waals surface area contributed by atoms with E-state index in [0.29, 0.717) is 16.4 Å². The summed E-state index contributed by atoms with van der Waals surface area (Å²) in [4.78, 5) is 25.0. The first-order valence-corrected chi connectivity index (χ1v) is 8.03. The Morgan fingerprint density at radius 1 is 1.04 bits per heavy atom. The molecule has 1 heterocycles. The number of hydrogen-bond acceptors (Lipinski definition) is 2. The number of nitrogens with one attached hydrogen (secondary N) is 2. The molecule has 0 aliphatic carbocycles. The van der Waals surface area contributed by atoms with Gasteiger partial charge in [-0.3, -0.25) is 9.48 Å². The van der Waals surface area contributed by atoms with E-state index in [1.165, 1.54) is 4.68 Å². The number of benzene rings is 2. The topological polar surface area (TPSA) is 68.1 Å². The fourth-order valence-electron chi connectivity index (χ4n) is 2.55. The summed E-state index contributed by atoms with van der Waals surface area (Å²) in [5.74, 6) is 0. The molecule has 2 N–H and O–H groups in total. The van der Waals surface area contributed by atoms with E-state index in [0.717, 1.165) is 5.69 Å². The number of carbonyl (C=O) groups excluding carboxylic acids is 1. The molecule has 1 aromatic heterocycles. The van der Waals surface area contributed by atoms with Crippen molar-refractivity contribution in [3.05, 3.63) is 75.7 Å². The minimum atomic E-state index is -0.506. The molecule has 2 aromatic carbocycles. The van der Waals surface area contributed by atoms with Crippen molar-refractivity contribution in [2.24, 2.45) is 7.05 Å².